The Balaban J connectivity index is 1.74. The average molecular weight is 262 g/mol. The minimum atomic E-state index is 0.691. The van der Waals surface area contributed by atoms with E-state index >= 15 is 0 Å². The summed E-state index contributed by atoms with van der Waals surface area (Å²) in [6, 6.07) is 15.4. The minimum Gasteiger partial charge on any atom is -0.494 e. The molecule has 2 N–H and O–H groups in total. The molecule has 0 atom stereocenters. The molecule has 0 saturated heterocycles. The second kappa shape index (κ2) is 6.31. The number of nitrogen functional groups attached to an aromatic ring is 1. The maximum Gasteiger partial charge on any atom is 0.119 e. The van der Waals surface area contributed by atoms with Crippen molar-refractivity contribution >= 4 is 17.3 Å². The van der Waals surface area contributed by atoms with Gasteiger partial charge in [0.15, 0.2) is 0 Å². The van der Waals surface area contributed by atoms with Crippen LogP contribution in [0.1, 0.15) is 12.0 Å². The highest BCUT2D eigenvalue weighted by atomic mass is 35.5. The first-order valence-corrected chi connectivity index (χ1v) is 6.34. The standard InChI is InChI=1S/C15H16ClNO/c16-13-6-8-15(9-7-13)18-10-2-4-12-3-1-5-14(17)11-12/h1,3,5-9,11H,2,4,10,17H2. The SMILES string of the molecule is Nc1cccc(CCCOc2ccc(Cl)cc2)c1. The van der Waals surface area contributed by atoms with Gasteiger partial charge in [-0.25, -0.2) is 0 Å². The monoisotopic (exact) mass is 261 g/mol. The minimum absolute atomic E-state index is 0.691. The smallest absolute Gasteiger partial charge is 0.119 e. The molecule has 0 spiro atoms. The number of hydrogen-bond donors (Lipinski definition) is 1. The van der Waals surface area contributed by atoms with Crippen molar-refractivity contribution in [1.82, 2.24) is 0 Å². The molecule has 0 unspecified atom stereocenters. The Kier molecular flexibility index (Phi) is 4.48. The first-order valence-electron chi connectivity index (χ1n) is 5.97. The van der Waals surface area contributed by atoms with Crippen molar-refractivity contribution in [3.63, 3.8) is 0 Å². The number of ether oxygens (including phenoxy) is 1. The van der Waals surface area contributed by atoms with Gasteiger partial charge in [0.2, 0.25) is 0 Å². The van der Waals surface area contributed by atoms with Gasteiger partial charge in [0.1, 0.15) is 5.75 Å². The Hall–Kier alpha value is -1.67. The Morgan fingerprint density at radius 1 is 1.06 bits per heavy atom. The molecule has 0 radical (unpaired) electrons. The topological polar surface area (TPSA) is 35.2 Å². The van der Waals surface area contributed by atoms with Crippen molar-refractivity contribution in [3.05, 3.63) is 59.1 Å². The van der Waals surface area contributed by atoms with Crippen molar-refractivity contribution in [2.45, 2.75) is 12.8 Å². The third-order valence-corrected chi connectivity index (χ3v) is 2.90. The molecule has 0 aliphatic heterocycles. The first kappa shape index (κ1) is 12.8. The highest BCUT2D eigenvalue weighted by Gasteiger charge is 1.96. The van der Waals surface area contributed by atoms with Crippen molar-refractivity contribution in [2.75, 3.05) is 12.3 Å². The molecule has 0 fully saturated rings. The predicted octanol–water partition coefficient (Wildman–Crippen LogP) is 3.93. The number of benzene rings is 2. The van der Waals surface area contributed by atoms with Crippen LogP contribution in [0.4, 0.5) is 5.69 Å². The van der Waals surface area contributed by atoms with Crippen LogP contribution in [0.15, 0.2) is 48.5 Å². The molecule has 2 aromatic carbocycles. The molecule has 18 heavy (non-hydrogen) atoms. The second-order valence-electron chi connectivity index (χ2n) is 4.15. The van der Waals surface area contributed by atoms with E-state index in [1.54, 1.807) is 0 Å². The number of anilines is 1. The summed E-state index contributed by atoms with van der Waals surface area (Å²) < 4.78 is 5.62. The zero-order valence-corrected chi connectivity index (χ0v) is 10.9. The fourth-order valence-electron chi connectivity index (χ4n) is 1.75. The molecular weight excluding hydrogens is 246 g/mol. The molecule has 2 nitrogen and oxygen atoms in total. The summed E-state index contributed by atoms with van der Waals surface area (Å²) >= 11 is 5.80. The fraction of sp³-hybridized carbons (Fsp3) is 0.200. The van der Waals surface area contributed by atoms with Gasteiger partial charge in [0.05, 0.1) is 6.61 Å². The largest absolute Gasteiger partial charge is 0.494 e. The zero-order chi connectivity index (χ0) is 12.8. The van der Waals surface area contributed by atoms with Crippen LogP contribution in [-0.4, -0.2) is 6.61 Å². The fourth-order valence-corrected chi connectivity index (χ4v) is 1.87. The highest BCUT2D eigenvalue weighted by molar-refractivity contribution is 6.30. The molecule has 0 aliphatic carbocycles. The van der Waals surface area contributed by atoms with E-state index in [-0.39, 0.29) is 0 Å². The molecule has 94 valence electrons. The van der Waals surface area contributed by atoms with Crippen LogP contribution in [0, 0.1) is 0 Å². The van der Waals surface area contributed by atoms with Crippen LogP contribution in [0.5, 0.6) is 5.75 Å². The number of rotatable bonds is 5. The lowest BCUT2D eigenvalue weighted by atomic mass is 10.1. The second-order valence-corrected chi connectivity index (χ2v) is 4.59. The number of aryl methyl sites for hydroxylation is 1. The van der Waals surface area contributed by atoms with Crippen LogP contribution in [-0.2, 0) is 6.42 Å². The summed E-state index contributed by atoms with van der Waals surface area (Å²) in [5.41, 5.74) is 7.78. The van der Waals surface area contributed by atoms with Gasteiger partial charge in [-0.15, -0.1) is 0 Å². The molecule has 0 aliphatic rings. The lowest BCUT2D eigenvalue weighted by molar-refractivity contribution is 0.311. The quantitative estimate of drug-likeness (QED) is 0.654. The van der Waals surface area contributed by atoms with E-state index in [1.165, 1.54) is 5.56 Å². The third-order valence-electron chi connectivity index (χ3n) is 2.64. The summed E-state index contributed by atoms with van der Waals surface area (Å²) in [6.45, 7) is 0.691. The van der Waals surface area contributed by atoms with E-state index in [9.17, 15) is 0 Å². The molecule has 2 rings (SSSR count). The molecular formula is C15H16ClNO. The molecule has 0 bridgehead atoms. The maximum absolute atomic E-state index is 5.80. The first-order chi connectivity index (χ1) is 8.74. The summed E-state index contributed by atoms with van der Waals surface area (Å²) in [5, 5.41) is 0.724. The van der Waals surface area contributed by atoms with E-state index in [4.69, 9.17) is 22.1 Å². The summed E-state index contributed by atoms with van der Waals surface area (Å²) in [7, 11) is 0. The summed E-state index contributed by atoms with van der Waals surface area (Å²) in [5.74, 6) is 0.854. The van der Waals surface area contributed by atoms with Gasteiger partial charge >= 0.3 is 0 Å². The van der Waals surface area contributed by atoms with Crippen molar-refractivity contribution < 1.29 is 4.74 Å². The maximum atomic E-state index is 5.80. The molecule has 0 heterocycles. The van der Waals surface area contributed by atoms with Gasteiger partial charge in [-0.3, -0.25) is 0 Å². The number of nitrogens with two attached hydrogens (primary N) is 1. The van der Waals surface area contributed by atoms with E-state index in [1.807, 2.05) is 42.5 Å². The Labute approximate surface area is 112 Å². The predicted molar refractivity (Wildman–Crippen MR) is 76.1 cm³/mol. The molecule has 0 aromatic heterocycles. The van der Waals surface area contributed by atoms with Gasteiger partial charge in [0, 0.05) is 10.7 Å². The summed E-state index contributed by atoms with van der Waals surface area (Å²) in [4.78, 5) is 0. The molecule has 0 saturated carbocycles. The van der Waals surface area contributed by atoms with Gasteiger partial charge in [-0.1, -0.05) is 23.7 Å². The van der Waals surface area contributed by atoms with E-state index < -0.39 is 0 Å². The normalized spacial score (nSPS) is 10.3. The summed E-state index contributed by atoms with van der Waals surface area (Å²) in [6.07, 6.45) is 1.94. The van der Waals surface area contributed by atoms with Crippen LogP contribution >= 0.6 is 11.6 Å². The van der Waals surface area contributed by atoms with E-state index in [2.05, 4.69) is 6.07 Å². The lowest BCUT2D eigenvalue weighted by Crippen LogP contribution is -1.99. The van der Waals surface area contributed by atoms with Crippen molar-refractivity contribution in [2.24, 2.45) is 0 Å². The molecule has 0 amide bonds. The van der Waals surface area contributed by atoms with Crippen molar-refractivity contribution in [1.29, 1.82) is 0 Å². The average Bonchev–Trinajstić information content (AvgIpc) is 2.37. The van der Waals surface area contributed by atoms with Gasteiger partial charge in [-0.05, 0) is 54.8 Å². The Morgan fingerprint density at radius 2 is 1.83 bits per heavy atom. The van der Waals surface area contributed by atoms with Crippen molar-refractivity contribution in [3.8, 4) is 5.75 Å². The third kappa shape index (κ3) is 3.97. The van der Waals surface area contributed by atoms with Crippen LogP contribution in [0.25, 0.3) is 0 Å². The van der Waals surface area contributed by atoms with Gasteiger partial charge < -0.3 is 10.5 Å². The zero-order valence-electron chi connectivity index (χ0n) is 10.1. The van der Waals surface area contributed by atoms with Crippen LogP contribution < -0.4 is 10.5 Å². The van der Waals surface area contributed by atoms with Crippen LogP contribution in [0.3, 0.4) is 0 Å². The number of halogens is 1. The van der Waals surface area contributed by atoms with Gasteiger partial charge in [0.25, 0.3) is 0 Å². The van der Waals surface area contributed by atoms with Crippen LogP contribution in [0.2, 0.25) is 5.02 Å². The number of hydrogen-bond acceptors (Lipinski definition) is 2. The lowest BCUT2D eigenvalue weighted by Gasteiger charge is -2.06. The highest BCUT2D eigenvalue weighted by Crippen LogP contribution is 2.16. The van der Waals surface area contributed by atoms with E-state index in [0.29, 0.717) is 6.61 Å². The Bertz CT molecular complexity index is 496. The van der Waals surface area contributed by atoms with Gasteiger partial charge in [-0.2, -0.15) is 0 Å². The van der Waals surface area contributed by atoms with E-state index in [0.717, 1.165) is 29.3 Å². The molecule has 3 heteroatoms. The molecule has 2 aromatic rings. The Morgan fingerprint density at radius 3 is 2.56 bits per heavy atom.